The molecule has 0 radical (unpaired) electrons. The molecule has 9 aliphatic heterocycles. The number of ether oxygens (including phenoxy) is 9. The van der Waals surface area contributed by atoms with Crippen molar-refractivity contribution in [1.29, 1.82) is 0 Å². The number of aryl methyl sites for hydroxylation is 4. The zero-order valence-corrected chi connectivity index (χ0v) is 79.8. The topological polar surface area (TPSA) is 733 Å². The number of H-pyrrole nitrogens is 5. The van der Waals surface area contributed by atoms with Crippen LogP contribution in [0.5, 0.6) is 0 Å². The molecule has 0 aromatic carbocycles. The Morgan fingerprint density at radius 3 is 1.34 bits per heavy atom. The lowest BCUT2D eigenvalue weighted by molar-refractivity contribution is -0.239. The fourth-order valence-corrected chi connectivity index (χ4v) is 25.5. The summed E-state index contributed by atoms with van der Waals surface area (Å²) in [4.78, 5) is 228. The van der Waals surface area contributed by atoms with Gasteiger partial charge in [0.15, 0.2) is 41.3 Å². The van der Waals surface area contributed by atoms with Crippen LogP contribution in [0.4, 0.5) is 11.8 Å². The molecule has 0 spiro atoms. The third kappa shape index (κ3) is 19.1. The first kappa shape index (κ1) is 98.6. The van der Waals surface area contributed by atoms with E-state index in [1.54, 1.807) is 6.92 Å². The Hall–Kier alpha value is -6.03. The number of nitrogen functional groups attached to an aromatic ring is 2. The van der Waals surface area contributed by atoms with E-state index in [2.05, 4.69) is 73.9 Å². The molecule has 12 N–H and O–H groups in total. The maximum atomic E-state index is 15.6. The molecule has 726 valence electrons. The summed E-state index contributed by atoms with van der Waals surface area (Å²) in [5.74, 6) is -0.323. The molecular formula is C66H80N18O37P6S6-4. The van der Waals surface area contributed by atoms with Gasteiger partial charge in [0.2, 0.25) is 5.95 Å². The number of aromatic nitrogens is 16. The summed E-state index contributed by atoms with van der Waals surface area (Å²) >= 11 is 31.2. The number of nitrogens with two attached hydrogens (primary N) is 2. The quantitative estimate of drug-likeness (QED) is 0.0134. The van der Waals surface area contributed by atoms with Gasteiger partial charge >= 0.3 is 36.3 Å². The van der Waals surface area contributed by atoms with Gasteiger partial charge in [0.05, 0.1) is 88.9 Å². The minimum atomic E-state index is -5.21. The van der Waals surface area contributed by atoms with Crippen LogP contribution in [0.2, 0.25) is 0 Å². The second-order valence-electron chi connectivity index (χ2n) is 32.3. The third-order valence-electron chi connectivity index (χ3n) is 23.9. The van der Waals surface area contributed by atoms with Crippen molar-refractivity contribution in [2.24, 2.45) is 0 Å². The van der Waals surface area contributed by atoms with Gasteiger partial charge in [-0.25, -0.2) is 43.7 Å². The molecule has 30 atom stereocenters. The molecule has 17 heterocycles. The van der Waals surface area contributed by atoms with Crippen molar-refractivity contribution in [3.8, 4) is 0 Å². The van der Waals surface area contributed by atoms with Crippen LogP contribution in [-0.2, 0) is 156 Å². The van der Waals surface area contributed by atoms with Gasteiger partial charge in [-0.15, -0.1) is 0 Å². The highest BCUT2D eigenvalue weighted by Gasteiger charge is 2.72. The maximum Gasteiger partial charge on any atom is 0.386 e. The van der Waals surface area contributed by atoms with E-state index in [0.717, 1.165) is 49.4 Å². The average molecular weight is 2100 g/mol. The second-order valence-corrected chi connectivity index (χ2v) is 48.6. The first-order valence-electron chi connectivity index (χ1n) is 39.8. The summed E-state index contributed by atoms with van der Waals surface area (Å²) in [6, 6.07) is 0. The molecule has 67 heteroatoms. The van der Waals surface area contributed by atoms with Crippen molar-refractivity contribution in [3.63, 3.8) is 0 Å². The zero-order valence-electron chi connectivity index (χ0n) is 69.5. The number of hydrogen-bond acceptors (Lipinski definition) is 47. The summed E-state index contributed by atoms with van der Waals surface area (Å²) < 4.78 is 145. The molecule has 55 nitrogen and oxygen atoms in total. The Bertz CT molecular complexity index is 6860. The Balaban J connectivity index is 0.617. The fraction of sp³-hybridized carbons (Fsp3) is 0.606. The molecule has 12 unspecified atom stereocenters. The lowest BCUT2D eigenvalue weighted by Crippen LogP contribution is -2.52. The van der Waals surface area contributed by atoms with E-state index >= 15 is 9.46 Å². The molecule has 8 aromatic rings. The van der Waals surface area contributed by atoms with Crippen molar-refractivity contribution < 1.29 is 131 Å². The minimum Gasteiger partial charge on any atom is -0.780 e. The SMILES string of the molecule is Cc1cn([C@@H]2O[C@]3(COP(=O)(S)OC4[C@@H]5O[C@@H](C)[C@]4(COP([O-])(=S)OC4[C@@H]6O[C@@H](C)[C@]4(CO)O[C@H]6n4cnc6c(=O)[nH]c(N)nc64)O[C@H]5n4cnc5c(N)ncnc54)C(OP([O-])(=S)OC[C@H]4O[C@@H](n5cc(C)c(=O)[nH]c5=O)CC4OP(O)(=S)OC[C@H]4O[C@@H](n5cc(C)c(=O)[nH]c5=O)CC4OP([O-])(=S)OC[C@H]4O[C@@H](n5cc(C)c(=O)[nH]c5=O)CC4OP([O-])(O)=S)[C@@H]2O[C@H]3C)c(=O)[nH]c1=O. The second kappa shape index (κ2) is 36.6. The normalized spacial score (nSPS) is 34.4. The van der Waals surface area contributed by atoms with Crippen LogP contribution in [0, 0.1) is 27.7 Å². The maximum absolute atomic E-state index is 15.6. The molecule has 9 fully saturated rings. The van der Waals surface area contributed by atoms with E-state index in [4.69, 9.17) is 151 Å². The number of anilines is 2. The first-order chi connectivity index (χ1) is 62.4. The fourth-order valence-electron chi connectivity index (χ4n) is 17.3. The standard InChI is InChI=1S/C66H84N18O37P6S6/c1-24-11-79(60(91)75-51(24)86)37-8-31(116-122(95,96)128)34(110-37)15-102-123(97,129)117-32-9-38(80-12-25(2)52(87)76-61(80)92)111-35(32)16-103-124(98,130)118-33-10-39(81-13-26(3)53(88)77-62(81)93)112-36(33)17-104-125(99,131)120-46-43-56(82-14-27(4)54(89)78-63(82)94)114-65(46,29(6)108-43)19-106-127(101,133)121-47-44-57(83-22-71-40-48(67)69-21-70-49(40)83)115-66(47,30(7)109-44)20-105-126(100,132)119-45-42-58(113-64(45,18-85)28(5)107-42)84-23-72-41-50(84)73-59(68)74-55(41)90/h11-14,21-23,28-39,42-47,56-58,85H,8-10,15-20H2,1-7H3,(H,97,129)(H,98,130)(H,99,131)(H,100,132)(H,101,133)(H2,67,69,70)(H,75,86,91)(H,76,87,92)(H,77,88,93)(H,78,89,94)(H2,95,96,128)(H3,68,73,74,90)/p-4/t28-,29-,30-,31?,32?,33?,34+,35+,36+,37+,38+,39+,42-,43-,44-,45?,46?,47?,56+,57+,58+,64-,65-,66-,123?,124?,125?,126?,127?/m0/s1. The highest BCUT2D eigenvalue weighted by Crippen LogP contribution is 2.65. The Labute approximate surface area is 774 Å². The van der Waals surface area contributed by atoms with Gasteiger partial charge in [0.1, 0.15) is 129 Å². The van der Waals surface area contributed by atoms with Gasteiger partial charge in [0, 0.05) is 66.3 Å². The first-order valence-corrected chi connectivity index (χ1v) is 55.4. The molecule has 8 aromatic heterocycles. The van der Waals surface area contributed by atoms with Crippen LogP contribution in [0.25, 0.3) is 22.3 Å². The van der Waals surface area contributed by atoms with Crippen LogP contribution < -0.4 is 81.6 Å². The molecule has 6 bridgehead atoms. The van der Waals surface area contributed by atoms with E-state index in [0.29, 0.717) is 0 Å². The van der Waals surface area contributed by atoms with Gasteiger partial charge in [0.25, 0.3) is 27.8 Å². The van der Waals surface area contributed by atoms with Crippen molar-refractivity contribution >= 4 is 146 Å². The highest BCUT2D eigenvalue weighted by atomic mass is 32.7. The third-order valence-corrected chi connectivity index (χ3v) is 32.5. The number of fused-ring (bicyclic) bond motifs is 8. The van der Waals surface area contributed by atoms with Crippen molar-refractivity contribution in [3.05, 3.63) is 160 Å². The van der Waals surface area contributed by atoms with E-state index < -0.39 is 289 Å². The Kier molecular flexibility index (Phi) is 27.1. The number of imidazole rings is 2. The number of aromatic amines is 5. The molecule has 0 aliphatic carbocycles. The molecule has 133 heavy (non-hydrogen) atoms. The summed E-state index contributed by atoms with van der Waals surface area (Å²) in [6.07, 6.45) is -23.7. The smallest absolute Gasteiger partial charge is 0.386 e. The minimum absolute atomic E-state index is 0.00326. The predicted molar refractivity (Wildman–Crippen MR) is 462 cm³/mol. The monoisotopic (exact) mass is 2090 g/mol. The van der Waals surface area contributed by atoms with E-state index in [9.17, 15) is 72.7 Å². The van der Waals surface area contributed by atoms with Gasteiger partial charge < -0.3 is 129 Å². The van der Waals surface area contributed by atoms with Gasteiger partial charge in [-0.2, -0.15) is 4.98 Å². The van der Waals surface area contributed by atoms with Gasteiger partial charge in [-0.05, 0) is 60.3 Å². The lowest BCUT2D eigenvalue weighted by atomic mass is 9.94. The number of rotatable bonds is 34. The molecular weight excluding hydrogens is 2020 g/mol. The summed E-state index contributed by atoms with van der Waals surface area (Å²) in [5.41, 5.74) is -1.78. The summed E-state index contributed by atoms with van der Waals surface area (Å²) in [5, 5.41) is 11.1. The van der Waals surface area contributed by atoms with Crippen molar-refractivity contribution in [1.82, 2.24) is 77.2 Å². The van der Waals surface area contributed by atoms with Gasteiger partial charge in [-0.1, -0.05) is 59.5 Å². The number of nitrogens with zero attached hydrogens (tertiary/aromatic N) is 11. The number of aliphatic hydroxyl groups is 1. The van der Waals surface area contributed by atoms with E-state index in [-0.39, 0.29) is 62.8 Å². The van der Waals surface area contributed by atoms with Crippen LogP contribution in [0.15, 0.2) is 86.9 Å². The van der Waals surface area contributed by atoms with Crippen molar-refractivity contribution in [2.45, 2.75) is 213 Å². The molecule has 0 amide bonds. The molecule has 9 saturated heterocycles. The van der Waals surface area contributed by atoms with E-state index in [1.807, 2.05) is 0 Å². The Morgan fingerprint density at radius 2 is 0.857 bits per heavy atom. The Morgan fingerprint density at radius 1 is 0.474 bits per heavy atom. The number of aliphatic hydroxyl groups excluding tert-OH is 1. The predicted octanol–water partition coefficient (Wildman–Crippen LogP) is -4.44. The molecule has 0 saturated carbocycles. The number of thiol groups is 1. The largest absolute Gasteiger partial charge is 0.780 e. The average Bonchev–Trinajstić information content (AvgIpc) is 1.56. The van der Waals surface area contributed by atoms with Crippen LogP contribution in [0.1, 0.15) is 99.7 Å². The van der Waals surface area contributed by atoms with Crippen molar-refractivity contribution in [2.75, 3.05) is 51.1 Å². The van der Waals surface area contributed by atoms with Gasteiger partial charge in [-0.3, -0.25) is 85.3 Å². The van der Waals surface area contributed by atoms with Crippen LogP contribution >= 0.6 is 52.6 Å². The lowest BCUT2D eigenvalue weighted by Gasteiger charge is -2.40. The number of hydrogen-bond donors (Lipinski definition) is 11. The number of nitrogens with one attached hydrogen (secondary N) is 5. The summed E-state index contributed by atoms with van der Waals surface area (Å²) in [7, 11) is 0. The van der Waals surface area contributed by atoms with Crippen LogP contribution in [-0.4, -0.2) is 240 Å². The summed E-state index contributed by atoms with van der Waals surface area (Å²) in [6.45, 7) is -25.3. The highest BCUT2D eigenvalue weighted by molar-refractivity contribution is 8.44. The van der Waals surface area contributed by atoms with Crippen LogP contribution in [0.3, 0.4) is 0 Å². The zero-order chi connectivity index (χ0) is 95.6. The molecule has 9 aliphatic rings. The van der Waals surface area contributed by atoms with E-state index in [1.165, 1.54) is 63.3 Å². The molecule has 17 rings (SSSR count).